The molecule has 0 radical (unpaired) electrons. The summed E-state index contributed by atoms with van der Waals surface area (Å²) in [6.07, 6.45) is 1.55. The quantitative estimate of drug-likeness (QED) is 0.776. The van der Waals surface area contributed by atoms with Crippen LogP contribution in [0.5, 0.6) is 5.75 Å². The van der Waals surface area contributed by atoms with Gasteiger partial charge in [-0.1, -0.05) is 41.4 Å². The van der Waals surface area contributed by atoms with E-state index in [1.165, 1.54) is 0 Å². The number of ether oxygens (including phenoxy) is 1. The molecule has 2 N–H and O–H groups in total. The third kappa shape index (κ3) is 4.27. The zero-order valence-electron chi connectivity index (χ0n) is 13.0. The molecule has 0 fully saturated rings. The van der Waals surface area contributed by atoms with Crippen LogP contribution in [-0.2, 0) is 6.61 Å². The minimum absolute atomic E-state index is 0.296. The van der Waals surface area contributed by atoms with Crippen molar-refractivity contribution in [3.05, 3.63) is 69.8 Å². The van der Waals surface area contributed by atoms with Gasteiger partial charge in [0.1, 0.15) is 12.4 Å². The molecule has 0 aromatic heterocycles. The van der Waals surface area contributed by atoms with E-state index in [2.05, 4.69) is 4.99 Å². The topological polar surface area (TPSA) is 47.6 Å². The lowest BCUT2D eigenvalue weighted by Gasteiger charge is -2.12. The Labute approximate surface area is 146 Å². The predicted octanol–water partition coefficient (Wildman–Crippen LogP) is 4.96. The van der Waals surface area contributed by atoms with Crippen LogP contribution >= 0.6 is 23.2 Å². The number of nitrogens with two attached hydrogens (primary N) is 1. The van der Waals surface area contributed by atoms with Gasteiger partial charge in [0, 0.05) is 40.1 Å². The first-order chi connectivity index (χ1) is 11.1. The van der Waals surface area contributed by atoms with E-state index < -0.39 is 0 Å². The second kappa shape index (κ2) is 8.04. The van der Waals surface area contributed by atoms with Crippen molar-refractivity contribution in [3.8, 4) is 5.75 Å². The Bertz CT molecular complexity index is 734. The fourth-order valence-corrected chi connectivity index (χ4v) is 2.63. The Kier molecular flexibility index (Phi) is 6.08. The highest BCUT2D eigenvalue weighted by atomic mass is 35.5. The third-order valence-electron chi connectivity index (χ3n) is 3.48. The summed E-state index contributed by atoms with van der Waals surface area (Å²) in [5, 5.41) is 1.18. The maximum atomic E-state index is 6.15. The fourth-order valence-electron chi connectivity index (χ4n) is 2.13. The Hall–Kier alpha value is -1.97. The van der Waals surface area contributed by atoms with Gasteiger partial charge in [0.2, 0.25) is 0 Å². The molecule has 0 heterocycles. The van der Waals surface area contributed by atoms with Gasteiger partial charge in [-0.2, -0.15) is 0 Å². The molecule has 120 valence electrons. The molecule has 2 aromatic carbocycles. The molecular formula is C18H18Cl2N2O. The van der Waals surface area contributed by atoms with E-state index in [-0.39, 0.29) is 0 Å². The Morgan fingerprint density at radius 1 is 1.17 bits per heavy atom. The summed E-state index contributed by atoms with van der Waals surface area (Å²) in [5.41, 5.74) is 9.16. The number of hydrogen-bond donors (Lipinski definition) is 1. The van der Waals surface area contributed by atoms with Crippen LogP contribution in [0.3, 0.4) is 0 Å². The molecule has 0 amide bonds. The molecule has 2 rings (SSSR count). The molecule has 0 saturated carbocycles. The minimum atomic E-state index is 0.296. The lowest BCUT2D eigenvalue weighted by molar-refractivity contribution is 0.306. The van der Waals surface area contributed by atoms with E-state index in [0.29, 0.717) is 22.4 Å². The number of benzene rings is 2. The highest BCUT2D eigenvalue weighted by Crippen LogP contribution is 2.27. The lowest BCUT2D eigenvalue weighted by atomic mass is 10.0. The van der Waals surface area contributed by atoms with Crippen molar-refractivity contribution in [1.29, 1.82) is 0 Å². The number of hydrogen-bond acceptors (Lipinski definition) is 3. The van der Waals surface area contributed by atoms with E-state index in [1.54, 1.807) is 31.4 Å². The maximum Gasteiger partial charge on any atom is 0.120 e. The first kappa shape index (κ1) is 17.4. The molecule has 23 heavy (non-hydrogen) atoms. The molecule has 0 spiro atoms. The first-order valence-corrected chi connectivity index (χ1v) is 7.84. The molecule has 0 bridgehead atoms. The fraction of sp³-hybridized carbons (Fsp3) is 0.167. The van der Waals surface area contributed by atoms with E-state index in [4.69, 9.17) is 33.7 Å². The van der Waals surface area contributed by atoms with Crippen molar-refractivity contribution in [2.24, 2.45) is 10.7 Å². The predicted molar refractivity (Wildman–Crippen MR) is 98.4 cm³/mol. The molecule has 0 saturated heterocycles. The van der Waals surface area contributed by atoms with Gasteiger partial charge in [-0.3, -0.25) is 4.99 Å². The Morgan fingerprint density at radius 2 is 1.83 bits per heavy atom. The van der Waals surface area contributed by atoms with E-state index in [0.717, 1.165) is 22.4 Å². The average Bonchev–Trinajstić information content (AvgIpc) is 2.55. The average molecular weight is 349 g/mol. The van der Waals surface area contributed by atoms with Crippen LogP contribution in [-0.4, -0.2) is 12.8 Å². The van der Waals surface area contributed by atoms with Crippen LogP contribution in [0.15, 0.2) is 53.7 Å². The smallest absolute Gasteiger partial charge is 0.120 e. The van der Waals surface area contributed by atoms with Gasteiger partial charge in [-0.05, 0) is 36.8 Å². The lowest BCUT2D eigenvalue weighted by Crippen LogP contribution is -2.01. The Balaban J connectivity index is 2.21. The number of aliphatic imine (C=N–C) groups is 1. The Morgan fingerprint density at radius 3 is 2.43 bits per heavy atom. The van der Waals surface area contributed by atoms with Crippen molar-refractivity contribution in [1.82, 2.24) is 0 Å². The molecule has 0 unspecified atom stereocenters. The number of halogens is 2. The summed E-state index contributed by atoms with van der Waals surface area (Å²) in [6.45, 7) is 2.21. The van der Waals surface area contributed by atoms with Crippen LogP contribution in [0.4, 0.5) is 0 Å². The standard InChI is InChI=1S/C18H18Cl2N2O/c1-12(22-2)15(10-21)13-5-3-6-14(9-13)23-11-16-17(19)7-4-8-18(16)20/h3-10H,11,21H2,1-2H3/b15-10+,22-12?. The van der Waals surface area contributed by atoms with Gasteiger partial charge >= 0.3 is 0 Å². The molecule has 0 atom stereocenters. The van der Waals surface area contributed by atoms with Gasteiger partial charge in [0.25, 0.3) is 0 Å². The van der Waals surface area contributed by atoms with Crippen LogP contribution in [0, 0.1) is 0 Å². The van der Waals surface area contributed by atoms with Crippen molar-refractivity contribution in [3.63, 3.8) is 0 Å². The van der Waals surface area contributed by atoms with Crippen molar-refractivity contribution in [2.45, 2.75) is 13.5 Å². The molecule has 5 heteroatoms. The molecular weight excluding hydrogens is 331 g/mol. The number of rotatable bonds is 5. The molecule has 2 aromatic rings. The van der Waals surface area contributed by atoms with E-state index >= 15 is 0 Å². The first-order valence-electron chi connectivity index (χ1n) is 7.08. The van der Waals surface area contributed by atoms with Gasteiger partial charge in [-0.15, -0.1) is 0 Å². The third-order valence-corrected chi connectivity index (χ3v) is 4.19. The van der Waals surface area contributed by atoms with Gasteiger partial charge < -0.3 is 10.5 Å². The van der Waals surface area contributed by atoms with E-state index in [9.17, 15) is 0 Å². The molecule has 0 aliphatic rings. The van der Waals surface area contributed by atoms with Crippen LogP contribution in [0.25, 0.3) is 5.57 Å². The highest BCUT2D eigenvalue weighted by Gasteiger charge is 2.08. The molecule has 0 aliphatic heterocycles. The second-order valence-electron chi connectivity index (χ2n) is 4.91. The summed E-state index contributed by atoms with van der Waals surface area (Å²) >= 11 is 12.3. The van der Waals surface area contributed by atoms with Crippen LogP contribution in [0.1, 0.15) is 18.1 Å². The molecule has 3 nitrogen and oxygen atoms in total. The van der Waals surface area contributed by atoms with Crippen molar-refractivity contribution in [2.75, 3.05) is 7.05 Å². The number of nitrogens with zero attached hydrogens (tertiary/aromatic N) is 1. The summed E-state index contributed by atoms with van der Waals surface area (Å²) in [5.74, 6) is 0.710. The summed E-state index contributed by atoms with van der Waals surface area (Å²) in [6, 6.07) is 13.0. The van der Waals surface area contributed by atoms with Crippen molar-refractivity contribution < 1.29 is 4.74 Å². The summed E-state index contributed by atoms with van der Waals surface area (Å²) in [7, 11) is 1.73. The summed E-state index contributed by atoms with van der Waals surface area (Å²) < 4.78 is 5.83. The number of allylic oxidation sites excluding steroid dienone is 1. The maximum absolute atomic E-state index is 6.15. The van der Waals surface area contributed by atoms with Crippen LogP contribution < -0.4 is 10.5 Å². The largest absolute Gasteiger partial charge is 0.489 e. The zero-order chi connectivity index (χ0) is 16.8. The normalized spacial score (nSPS) is 12.3. The zero-order valence-corrected chi connectivity index (χ0v) is 14.5. The van der Waals surface area contributed by atoms with Gasteiger partial charge in [0.05, 0.1) is 0 Å². The minimum Gasteiger partial charge on any atom is -0.489 e. The van der Waals surface area contributed by atoms with Crippen molar-refractivity contribution >= 4 is 34.5 Å². The summed E-state index contributed by atoms with van der Waals surface area (Å²) in [4.78, 5) is 4.18. The SMILES string of the molecule is CN=C(C)/C(=C\N)c1cccc(OCc2c(Cl)cccc2Cl)c1. The second-order valence-corrected chi connectivity index (χ2v) is 5.72. The molecule has 0 aliphatic carbocycles. The van der Waals surface area contributed by atoms with E-state index in [1.807, 2.05) is 31.2 Å². The van der Waals surface area contributed by atoms with Crippen LogP contribution in [0.2, 0.25) is 10.0 Å². The highest BCUT2D eigenvalue weighted by molar-refractivity contribution is 6.35. The monoisotopic (exact) mass is 348 g/mol. The van der Waals surface area contributed by atoms with Gasteiger partial charge in [-0.25, -0.2) is 0 Å². The van der Waals surface area contributed by atoms with Gasteiger partial charge in [0.15, 0.2) is 0 Å².